The zero-order valence-electron chi connectivity index (χ0n) is 11.4. The van der Waals surface area contributed by atoms with Gasteiger partial charge in [0.05, 0.1) is 12.7 Å². The van der Waals surface area contributed by atoms with Crippen molar-refractivity contribution in [3.8, 4) is 11.5 Å². The highest BCUT2D eigenvalue weighted by molar-refractivity contribution is 5.87. The van der Waals surface area contributed by atoms with Crippen molar-refractivity contribution in [2.75, 3.05) is 7.11 Å². The number of aldehydes is 1. The van der Waals surface area contributed by atoms with Crippen molar-refractivity contribution >= 4 is 12.3 Å². The van der Waals surface area contributed by atoms with Crippen LogP contribution in [-0.4, -0.2) is 24.5 Å². The molecule has 108 valence electrons. The number of benzene rings is 2. The number of hydrogen-bond acceptors (Lipinski definition) is 4. The number of ether oxygens (including phenoxy) is 2. The number of hydrogen-bond donors (Lipinski definition) is 1. The minimum Gasteiger partial charge on any atom is -0.493 e. The summed E-state index contributed by atoms with van der Waals surface area (Å²) in [5.74, 6) is 0.0231. The second-order valence-corrected chi connectivity index (χ2v) is 4.32. The van der Waals surface area contributed by atoms with E-state index in [4.69, 9.17) is 14.6 Å². The zero-order chi connectivity index (χ0) is 15.2. The van der Waals surface area contributed by atoms with E-state index < -0.39 is 5.97 Å². The predicted molar refractivity (Wildman–Crippen MR) is 76.1 cm³/mol. The number of rotatable bonds is 6. The van der Waals surface area contributed by atoms with E-state index in [1.54, 1.807) is 30.3 Å². The Morgan fingerprint density at radius 1 is 1.14 bits per heavy atom. The van der Waals surface area contributed by atoms with Gasteiger partial charge in [0.15, 0.2) is 11.5 Å². The Bertz CT molecular complexity index is 646. The van der Waals surface area contributed by atoms with Crippen LogP contribution in [0.2, 0.25) is 0 Å². The summed E-state index contributed by atoms with van der Waals surface area (Å²) >= 11 is 0. The number of carbonyl (C=O) groups excluding carboxylic acids is 1. The van der Waals surface area contributed by atoms with E-state index >= 15 is 0 Å². The minimum atomic E-state index is -0.970. The van der Waals surface area contributed by atoms with Gasteiger partial charge in [-0.1, -0.05) is 12.1 Å². The van der Waals surface area contributed by atoms with Crippen LogP contribution in [0, 0.1) is 0 Å². The molecule has 0 aliphatic carbocycles. The van der Waals surface area contributed by atoms with Crippen molar-refractivity contribution in [2.24, 2.45) is 0 Å². The van der Waals surface area contributed by atoms with Crippen LogP contribution in [0.4, 0.5) is 0 Å². The summed E-state index contributed by atoms with van der Waals surface area (Å²) in [6.45, 7) is 0.249. The second-order valence-electron chi connectivity index (χ2n) is 4.32. The van der Waals surface area contributed by atoms with Crippen molar-refractivity contribution in [2.45, 2.75) is 6.61 Å². The number of carboxylic acids is 1. The third-order valence-corrected chi connectivity index (χ3v) is 2.92. The molecule has 5 heteroatoms. The van der Waals surface area contributed by atoms with Crippen LogP contribution >= 0.6 is 0 Å². The van der Waals surface area contributed by atoms with Crippen LogP contribution < -0.4 is 9.47 Å². The van der Waals surface area contributed by atoms with E-state index in [9.17, 15) is 9.59 Å². The molecular formula is C16H14O5. The SMILES string of the molecule is COc1ccc(C=O)cc1OCc1ccc(C(=O)O)cc1. The zero-order valence-corrected chi connectivity index (χ0v) is 11.4. The van der Waals surface area contributed by atoms with E-state index in [0.29, 0.717) is 17.1 Å². The molecule has 0 bridgehead atoms. The van der Waals surface area contributed by atoms with Crippen molar-refractivity contribution in [1.82, 2.24) is 0 Å². The van der Waals surface area contributed by atoms with Gasteiger partial charge in [-0.2, -0.15) is 0 Å². The fraction of sp³-hybridized carbons (Fsp3) is 0.125. The van der Waals surface area contributed by atoms with E-state index in [1.807, 2.05) is 0 Å². The molecule has 0 radical (unpaired) electrons. The van der Waals surface area contributed by atoms with E-state index in [2.05, 4.69) is 0 Å². The monoisotopic (exact) mass is 286 g/mol. The van der Waals surface area contributed by atoms with Gasteiger partial charge in [0.25, 0.3) is 0 Å². The largest absolute Gasteiger partial charge is 0.493 e. The van der Waals surface area contributed by atoms with Gasteiger partial charge in [0.2, 0.25) is 0 Å². The van der Waals surface area contributed by atoms with Gasteiger partial charge in [0.1, 0.15) is 12.9 Å². The highest BCUT2D eigenvalue weighted by Crippen LogP contribution is 2.28. The molecule has 0 aliphatic rings. The summed E-state index contributed by atoms with van der Waals surface area (Å²) in [5, 5.41) is 8.83. The molecule has 2 aromatic rings. The Morgan fingerprint density at radius 2 is 1.86 bits per heavy atom. The van der Waals surface area contributed by atoms with E-state index in [1.165, 1.54) is 19.2 Å². The van der Waals surface area contributed by atoms with Crippen LogP contribution in [0.25, 0.3) is 0 Å². The molecule has 0 heterocycles. The van der Waals surface area contributed by atoms with E-state index in [0.717, 1.165) is 11.8 Å². The molecular weight excluding hydrogens is 272 g/mol. The van der Waals surface area contributed by atoms with Gasteiger partial charge < -0.3 is 14.6 Å². The van der Waals surface area contributed by atoms with Crippen molar-refractivity contribution in [1.29, 1.82) is 0 Å². The van der Waals surface area contributed by atoms with Crippen LogP contribution in [0.15, 0.2) is 42.5 Å². The van der Waals surface area contributed by atoms with Crippen LogP contribution in [0.5, 0.6) is 11.5 Å². The summed E-state index contributed by atoms with van der Waals surface area (Å²) in [7, 11) is 1.52. The highest BCUT2D eigenvalue weighted by Gasteiger charge is 2.07. The predicted octanol–water partition coefficient (Wildman–Crippen LogP) is 2.78. The van der Waals surface area contributed by atoms with Gasteiger partial charge in [0, 0.05) is 5.56 Å². The molecule has 0 amide bonds. The molecule has 2 rings (SSSR count). The summed E-state index contributed by atoms with van der Waals surface area (Å²) < 4.78 is 10.8. The molecule has 0 fully saturated rings. The molecule has 0 aliphatic heterocycles. The molecule has 5 nitrogen and oxygen atoms in total. The first-order chi connectivity index (χ1) is 10.1. The second kappa shape index (κ2) is 6.56. The van der Waals surface area contributed by atoms with Crippen LogP contribution in [0.3, 0.4) is 0 Å². The smallest absolute Gasteiger partial charge is 0.335 e. The molecule has 0 aromatic heterocycles. The Labute approximate surface area is 121 Å². The minimum absolute atomic E-state index is 0.222. The van der Waals surface area contributed by atoms with Crippen molar-refractivity contribution in [3.05, 3.63) is 59.2 Å². The highest BCUT2D eigenvalue weighted by atomic mass is 16.5. The first-order valence-electron chi connectivity index (χ1n) is 6.22. The quantitative estimate of drug-likeness (QED) is 0.827. The molecule has 0 spiro atoms. The average Bonchev–Trinajstić information content (AvgIpc) is 2.52. The molecule has 2 aromatic carbocycles. The fourth-order valence-electron chi connectivity index (χ4n) is 1.78. The van der Waals surface area contributed by atoms with Crippen molar-refractivity contribution in [3.63, 3.8) is 0 Å². The number of aromatic carboxylic acids is 1. The average molecular weight is 286 g/mol. The van der Waals surface area contributed by atoms with Gasteiger partial charge in [-0.3, -0.25) is 4.79 Å². The summed E-state index contributed by atoms with van der Waals surface area (Å²) in [5.41, 5.74) is 1.53. The fourth-order valence-corrected chi connectivity index (χ4v) is 1.78. The van der Waals surface area contributed by atoms with Crippen molar-refractivity contribution < 1.29 is 24.2 Å². The Kier molecular flexibility index (Phi) is 4.56. The third-order valence-electron chi connectivity index (χ3n) is 2.92. The maximum absolute atomic E-state index is 10.8. The lowest BCUT2D eigenvalue weighted by Gasteiger charge is -2.11. The lowest BCUT2D eigenvalue weighted by atomic mass is 10.1. The first-order valence-corrected chi connectivity index (χ1v) is 6.22. The molecule has 0 atom stereocenters. The first kappa shape index (κ1) is 14.6. The Balaban J connectivity index is 2.11. The maximum atomic E-state index is 10.8. The molecule has 21 heavy (non-hydrogen) atoms. The van der Waals surface area contributed by atoms with Gasteiger partial charge in [-0.15, -0.1) is 0 Å². The lowest BCUT2D eigenvalue weighted by molar-refractivity contribution is 0.0696. The molecule has 0 saturated heterocycles. The van der Waals surface area contributed by atoms with Crippen LogP contribution in [-0.2, 0) is 6.61 Å². The van der Waals surface area contributed by atoms with Crippen LogP contribution in [0.1, 0.15) is 26.3 Å². The van der Waals surface area contributed by atoms with Gasteiger partial charge >= 0.3 is 5.97 Å². The molecule has 0 unspecified atom stereocenters. The maximum Gasteiger partial charge on any atom is 0.335 e. The number of carbonyl (C=O) groups is 2. The number of methoxy groups -OCH3 is 1. The van der Waals surface area contributed by atoms with Gasteiger partial charge in [-0.25, -0.2) is 4.79 Å². The number of carboxylic acid groups (broad SMARTS) is 1. The Morgan fingerprint density at radius 3 is 2.43 bits per heavy atom. The van der Waals surface area contributed by atoms with Gasteiger partial charge in [-0.05, 0) is 35.9 Å². The Hall–Kier alpha value is -2.82. The summed E-state index contributed by atoms with van der Waals surface area (Å²) in [6, 6.07) is 11.3. The molecule has 1 N–H and O–H groups in total. The normalized spacial score (nSPS) is 9.95. The standard InChI is InChI=1S/C16H14O5/c1-20-14-7-4-12(9-17)8-15(14)21-10-11-2-5-13(6-3-11)16(18)19/h2-9H,10H2,1H3,(H,18,19). The topological polar surface area (TPSA) is 72.8 Å². The summed E-state index contributed by atoms with van der Waals surface area (Å²) in [6.07, 6.45) is 0.730. The third kappa shape index (κ3) is 3.60. The van der Waals surface area contributed by atoms with E-state index in [-0.39, 0.29) is 12.2 Å². The molecule has 0 saturated carbocycles. The lowest BCUT2D eigenvalue weighted by Crippen LogP contribution is -2.00. The summed E-state index contributed by atoms with van der Waals surface area (Å²) in [4.78, 5) is 21.5.